The van der Waals surface area contributed by atoms with Crippen molar-refractivity contribution in [3.05, 3.63) is 28.8 Å². The zero-order valence-electron chi connectivity index (χ0n) is 15.4. The molecule has 0 bridgehead atoms. The number of alkyl halides is 3. The Kier molecular flexibility index (Phi) is 6.50. The van der Waals surface area contributed by atoms with Gasteiger partial charge in [0.1, 0.15) is 0 Å². The number of benzene rings is 1. The van der Waals surface area contributed by atoms with Crippen LogP contribution in [0.2, 0.25) is 5.02 Å². The zero-order chi connectivity index (χ0) is 20.3. The van der Waals surface area contributed by atoms with Gasteiger partial charge >= 0.3 is 6.18 Å². The third-order valence-electron chi connectivity index (χ3n) is 5.28. The number of amides is 2. The number of carbonyl (C=O) groups excluding carboxylic acids is 2. The number of carbonyl (C=O) groups is 2. The average Bonchev–Trinajstić information content (AvgIpc) is 3.17. The van der Waals surface area contributed by atoms with Crippen molar-refractivity contribution in [2.45, 2.75) is 31.9 Å². The molecule has 3 rings (SSSR count). The first-order valence-corrected chi connectivity index (χ1v) is 9.79. The number of anilines is 1. The van der Waals surface area contributed by atoms with Gasteiger partial charge in [0.25, 0.3) is 0 Å². The number of hydrogen-bond acceptors (Lipinski definition) is 3. The van der Waals surface area contributed by atoms with Crippen LogP contribution >= 0.6 is 11.6 Å². The summed E-state index contributed by atoms with van der Waals surface area (Å²) in [6.45, 7) is 2.79. The first-order valence-electron chi connectivity index (χ1n) is 9.42. The number of rotatable bonds is 4. The Balaban J connectivity index is 1.52. The van der Waals surface area contributed by atoms with E-state index in [9.17, 15) is 22.8 Å². The molecule has 0 aliphatic carbocycles. The summed E-state index contributed by atoms with van der Waals surface area (Å²) < 4.78 is 39.4. The van der Waals surface area contributed by atoms with Crippen LogP contribution in [-0.4, -0.2) is 54.3 Å². The van der Waals surface area contributed by atoms with Gasteiger partial charge in [-0.3, -0.25) is 14.5 Å². The summed E-state index contributed by atoms with van der Waals surface area (Å²) in [6.07, 6.45) is -1.18. The van der Waals surface area contributed by atoms with Gasteiger partial charge in [-0.15, -0.1) is 0 Å². The monoisotopic (exact) mass is 417 g/mol. The summed E-state index contributed by atoms with van der Waals surface area (Å²) in [6, 6.07) is 3.26. The molecule has 1 N–H and O–H groups in total. The van der Waals surface area contributed by atoms with E-state index in [1.54, 1.807) is 0 Å². The number of halogens is 4. The maximum absolute atomic E-state index is 13.1. The molecule has 1 aromatic carbocycles. The fourth-order valence-corrected chi connectivity index (χ4v) is 3.96. The van der Waals surface area contributed by atoms with E-state index >= 15 is 0 Å². The largest absolute Gasteiger partial charge is 0.418 e. The van der Waals surface area contributed by atoms with E-state index in [0.29, 0.717) is 25.9 Å². The summed E-state index contributed by atoms with van der Waals surface area (Å²) in [4.78, 5) is 28.5. The lowest BCUT2D eigenvalue weighted by molar-refractivity contribution is -0.137. The van der Waals surface area contributed by atoms with Crippen LogP contribution in [0.1, 0.15) is 31.2 Å². The quantitative estimate of drug-likeness (QED) is 0.814. The first kappa shape index (κ1) is 20.9. The SMILES string of the molecule is O=C(CN1CCC(C(=O)N2CCCC2)CC1)Nc1ccc(Cl)cc1C(F)(F)F. The van der Waals surface area contributed by atoms with E-state index in [-0.39, 0.29) is 29.1 Å². The van der Waals surface area contributed by atoms with Crippen LogP contribution in [0, 0.1) is 5.92 Å². The highest BCUT2D eigenvalue weighted by Crippen LogP contribution is 2.36. The lowest BCUT2D eigenvalue weighted by Gasteiger charge is -2.32. The van der Waals surface area contributed by atoms with Gasteiger partial charge in [0.2, 0.25) is 11.8 Å². The van der Waals surface area contributed by atoms with Crippen molar-refractivity contribution >= 4 is 29.1 Å². The standard InChI is InChI=1S/C19H23ClF3N3O2/c20-14-3-4-16(15(11-14)19(21,22)23)24-17(27)12-25-9-5-13(6-10-25)18(28)26-7-1-2-8-26/h3-4,11,13H,1-2,5-10,12H2,(H,24,27). The Morgan fingerprint density at radius 2 is 1.75 bits per heavy atom. The minimum Gasteiger partial charge on any atom is -0.342 e. The number of piperidine rings is 1. The van der Waals surface area contributed by atoms with Gasteiger partial charge in [-0.1, -0.05) is 11.6 Å². The number of likely N-dealkylation sites (tertiary alicyclic amines) is 2. The van der Waals surface area contributed by atoms with Gasteiger partial charge in [-0.25, -0.2) is 0 Å². The molecule has 5 nitrogen and oxygen atoms in total. The molecule has 2 amide bonds. The third kappa shape index (κ3) is 5.17. The summed E-state index contributed by atoms with van der Waals surface area (Å²) in [7, 11) is 0. The van der Waals surface area contributed by atoms with Crippen molar-refractivity contribution in [1.29, 1.82) is 0 Å². The number of nitrogens with zero attached hydrogens (tertiary/aromatic N) is 2. The van der Waals surface area contributed by atoms with Gasteiger partial charge < -0.3 is 10.2 Å². The minimum absolute atomic E-state index is 0.00938. The maximum atomic E-state index is 13.1. The summed E-state index contributed by atoms with van der Waals surface area (Å²) in [5.74, 6) is -0.347. The molecule has 0 radical (unpaired) electrons. The molecule has 0 spiro atoms. The van der Waals surface area contributed by atoms with Crippen LogP contribution in [-0.2, 0) is 15.8 Å². The lowest BCUT2D eigenvalue weighted by Crippen LogP contribution is -2.44. The fraction of sp³-hybridized carbons (Fsp3) is 0.579. The van der Waals surface area contributed by atoms with Crippen LogP contribution in [0.15, 0.2) is 18.2 Å². The third-order valence-corrected chi connectivity index (χ3v) is 5.52. The Morgan fingerprint density at radius 3 is 2.36 bits per heavy atom. The van der Waals surface area contributed by atoms with E-state index in [1.807, 2.05) is 9.80 Å². The van der Waals surface area contributed by atoms with E-state index in [2.05, 4.69) is 5.32 Å². The molecule has 1 aromatic rings. The molecule has 0 aromatic heterocycles. The maximum Gasteiger partial charge on any atom is 0.418 e. The Morgan fingerprint density at radius 1 is 1.11 bits per heavy atom. The fourth-order valence-electron chi connectivity index (χ4n) is 3.79. The summed E-state index contributed by atoms with van der Waals surface area (Å²) in [5.41, 5.74) is -1.27. The molecular formula is C19H23ClF3N3O2. The smallest absolute Gasteiger partial charge is 0.342 e. The molecule has 2 fully saturated rings. The minimum atomic E-state index is -4.61. The second-order valence-corrected chi connectivity index (χ2v) is 7.76. The highest BCUT2D eigenvalue weighted by atomic mass is 35.5. The van der Waals surface area contributed by atoms with Crippen LogP contribution in [0.3, 0.4) is 0 Å². The van der Waals surface area contributed by atoms with E-state index in [0.717, 1.165) is 38.1 Å². The summed E-state index contributed by atoms with van der Waals surface area (Å²) >= 11 is 5.65. The molecule has 28 heavy (non-hydrogen) atoms. The van der Waals surface area contributed by atoms with E-state index in [4.69, 9.17) is 11.6 Å². The van der Waals surface area contributed by atoms with Crippen molar-refractivity contribution in [3.63, 3.8) is 0 Å². The van der Waals surface area contributed by atoms with Gasteiger partial charge in [0, 0.05) is 24.0 Å². The Labute approximate surface area is 166 Å². The van der Waals surface area contributed by atoms with Gasteiger partial charge in [-0.05, 0) is 57.0 Å². The molecule has 0 saturated carbocycles. The summed E-state index contributed by atoms with van der Waals surface area (Å²) in [5, 5.41) is 2.29. The first-order chi connectivity index (χ1) is 13.2. The van der Waals surface area contributed by atoms with Crippen molar-refractivity contribution in [3.8, 4) is 0 Å². The lowest BCUT2D eigenvalue weighted by atomic mass is 9.95. The molecular weight excluding hydrogens is 395 g/mol. The van der Waals surface area contributed by atoms with Gasteiger partial charge in [0.15, 0.2) is 0 Å². The van der Waals surface area contributed by atoms with E-state index in [1.165, 1.54) is 6.07 Å². The highest BCUT2D eigenvalue weighted by molar-refractivity contribution is 6.30. The zero-order valence-corrected chi connectivity index (χ0v) is 16.2. The second-order valence-electron chi connectivity index (χ2n) is 7.32. The Hall–Kier alpha value is -1.80. The van der Waals surface area contributed by atoms with E-state index < -0.39 is 17.6 Å². The molecule has 154 valence electrons. The molecule has 0 atom stereocenters. The molecule has 2 saturated heterocycles. The molecule has 2 aliphatic rings. The van der Waals surface area contributed by atoms with Gasteiger partial charge in [-0.2, -0.15) is 13.2 Å². The van der Waals surface area contributed by atoms with Crippen molar-refractivity contribution in [2.24, 2.45) is 5.92 Å². The van der Waals surface area contributed by atoms with Crippen molar-refractivity contribution < 1.29 is 22.8 Å². The normalized spacial score (nSPS) is 19.1. The molecule has 2 heterocycles. The molecule has 9 heteroatoms. The predicted molar refractivity (Wildman–Crippen MR) is 100 cm³/mol. The Bertz CT molecular complexity index is 728. The van der Waals surface area contributed by atoms with Crippen LogP contribution in [0.25, 0.3) is 0 Å². The topological polar surface area (TPSA) is 52.7 Å². The van der Waals surface area contributed by atoms with Gasteiger partial charge in [0.05, 0.1) is 17.8 Å². The predicted octanol–water partition coefficient (Wildman–Crippen LogP) is 3.63. The van der Waals surface area contributed by atoms with Crippen molar-refractivity contribution in [1.82, 2.24) is 9.80 Å². The van der Waals surface area contributed by atoms with Crippen LogP contribution in [0.5, 0.6) is 0 Å². The molecule has 2 aliphatic heterocycles. The number of nitrogens with one attached hydrogen (secondary N) is 1. The average molecular weight is 418 g/mol. The van der Waals surface area contributed by atoms with Crippen LogP contribution < -0.4 is 5.32 Å². The van der Waals surface area contributed by atoms with Crippen LogP contribution in [0.4, 0.5) is 18.9 Å². The highest BCUT2D eigenvalue weighted by Gasteiger charge is 2.35. The number of hydrogen-bond donors (Lipinski definition) is 1. The van der Waals surface area contributed by atoms with Crippen molar-refractivity contribution in [2.75, 3.05) is 38.0 Å². The molecule has 0 unspecified atom stereocenters. The second kappa shape index (κ2) is 8.69.